The number of halogens is 4. The number of rotatable bonds is 2. The van der Waals surface area contributed by atoms with Gasteiger partial charge in [-0.2, -0.15) is 13.2 Å². The van der Waals surface area contributed by atoms with Gasteiger partial charge in [-0.15, -0.1) is 0 Å². The lowest BCUT2D eigenvalue weighted by atomic mass is 10.00. The average Bonchev–Trinajstić information content (AvgIpc) is 2.95. The number of carbonyl (C=O) groups is 1. The molecule has 30 heavy (non-hydrogen) atoms. The fraction of sp³-hybridized carbons (Fsp3) is 0.500. The molecule has 1 atom stereocenters. The van der Waals surface area contributed by atoms with Crippen LogP contribution in [0.15, 0.2) is 23.0 Å². The fourth-order valence-corrected chi connectivity index (χ4v) is 3.56. The van der Waals surface area contributed by atoms with Crippen LogP contribution in [0.4, 0.5) is 22.4 Å². The van der Waals surface area contributed by atoms with Crippen LogP contribution < -0.4 is 5.56 Å². The van der Waals surface area contributed by atoms with Crippen LogP contribution in [0.2, 0.25) is 0 Å². The van der Waals surface area contributed by atoms with Gasteiger partial charge in [0.15, 0.2) is 0 Å². The first-order chi connectivity index (χ1) is 13.8. The van der Waals surface area contributed by atoms with E-state index in [2.05, 4.69) is 5.10 Å². The van der Waals surface area contributed by atoms with Gasteiger partial charge in [-0.25, -0.2) is 9.18 Å². The highest BCUT2D eigenvalue weighted by molar-refractivity contribution is 5.68. The number of aromatic amines is 1. The van der Waals surface area contributed by atoms with Crippen molar-refractivity contribution in [3.63, 3.8) is 0 Å². The van der Waals surface area contributed by atoms with E-state index in [0.717, 1.165) is 12.1 Å². The Hall–Kier alpha value is -2.78. The minimum atomic E-state index is -4.74. The Bertz CT molecular complexity index is 1020. The Kier molecular flexibility index (Phi) is 5.46. The Morgan fingerprint density at radius 3 is 2.50 bits per heavy atom. The maximum atomic E-state index is 13.4. The molecular formula is C20H23F4N3O3. The second kappa shape index (κ2) is 7.48. The second-order valence-corrected chi connectivity index (χ2v) is 8.29. The molecule has 2 aromatic rings. The Morgan fingerprint density at radius 2 is 1.90 bits per heavy atom. The minimum absolute atomic E-state index is 0.00511. The van der Waals surface area contributed by atoms with Gasteiger partial charge in [0.1, 0.15) is 11.4 Å². The molecule has 1 unspecified atom stereocenters. The second-order valence-electron chi connectivity index (χ2n) is 8.29. The van der Waals surface area contributed by atoms with Crippen molar-refractivity contribution in [1.29, 1.82) is 0 Å². The Balaban J connectivity index is 1.94. The van der Waals surface area contributed by atoms with Crippen LogP contribution in [0.25, 0.3) is 0 Å². The molecule has 6 nitrogen and oxygen atoms in total. The van der Waals surface area contributed by atoms with Gasteiger partial charge < -0.3 is 9.64 Å². The third-order valence-corrected chi connectivity index (χ3v) is 4.91. The van der Waals surface area contributed by atoms with Gasteiger partial charge in [0.25, 0.3) is 5.56 Å². The summed E-state index contributed by atoms with van der Waals surface area (Å²) in [6.45, 7) is 6.93. The van der Waals surface area contributed by atoms with Gasteiger partial charge in [-0.05, 0) is 45.4 Å². The predicted octanol–water partition coefficient (Wildman–Crippen LogP) is 4.24. The zero-order valence-electron chi connectivity index (χ0n) is 17.1. The van der Waals surface area contributed by atoms with E-state index in [-0.39, 0.29) is 25.1 Å². The fourth-order valence-electron chi connectivity index (χ4n) is 3.56. The van der Waals surface area contributed by atoms with Crippen molar-refractivity contribution in [2.75, 3.05) is 6.54 Å². The molecule has 1 amide bonds. The monoisotopic (exact) mass is 429 g/mol. The molecule has 1 N–H and O–H groups in total. The number of aromatic nitrogens is 2. The van der Waals surface area contributed by atoms with Crippen LogP contribution in [-0.4, -0.2) is 32.9 Å². The highest BCUT2D eigenvalue weighted by Gasteiger charge is 2.37. The van der Waals surface area contributed by atoms with Crippen LogP contribution in [0, 0.1) is 5.82 Å². The minimum Gasteiger partial charge on any atom is -0.444 e. The maximum absolute atomic E-state index is 13.4. The van der Waals surface area contributed by atoms with Crippen molar-refractivity contribution >= 4 is 6.09 Å². The van der Waals surface area contributed by atoms with Gasteiger partial charge in [0, 0.05) is 18.7 Å². The molecule has 0 saturated carbocycles. The molecule has 1 aromatic carbocycles. The summed E-state index contributed by atoms with van der Waals surface area (Å²) in [6.07, 6.45) is -5.04. The molecule has 0 aliphatic carbocycles. The molecule has 1 aliphatic rings. The molecule has 0 bridgehead atoms. The molecule has 0 spiro atoms. The van der Waals surface area contributed by atoms with Crippen molar-refractivity contribution < 1.29 is 27.1 Å². The molecule has 0 saturated heterocycles. The number of alkyl halides is 3. The summed E-state index contributed by atoms with van der Waals surface area (Å²) in [4.78, 5) is 26.2. The summed E-state index contributed by atoms with van der Waals surface area (Å²) < 4.78 is 60.4. The zero-order chi connectivity index (χ0) is 22.4. The highest BCUT2D eigenvalue weighted by atomic mass is 19.4. The number of hydrogen-bond donors (Lipinski definition) is 1. The van der Waals surface area contributed by atoms with Crippen LogP contribution >= 0.6 is 0 Å². The third-order valence-electron chi connectivity index (χ3n) is 4.91. The largest absolute Gasteiger partial charge is 0.444 e. The van der Waals surface area contributed by atoms with E-state index < -0.39 is 40.9 Å². The van der Waals surface area contributed by atoms with E-state index in [1.165, 1.54) is 16.5 Å². The number of carbonyl (C=O) groups excluding carboxylic acids is 1. The van der Waals surface area contributed by atoms with E-state index in [1.807, 2.05) is 0 Å². The van der Waals surface area contributed by atoms with E-state index in [4.69, 9.17) is 4.74 Å². The van der Waals surface area contributed by atoms with Crippen molar-refractivity contribution in [3.05, 3.63) is 56.8 Å². The molecule has 0 fully saturated rings. The SMILES string of the molecule is CC(c1ccc(F)cc1C(F)(F)F)n1[nH]c(=O)c2c1CCN(C(=O)OC(C)(C)C)C2. The number of H-pyrrole nitrogens is 1. The number of benzene rings is 1. The quantitative estimate of drug-likeness (QED) is 0.727. The lowest BCUT2D eigenvalue weighted by Gasteiger charge is -2.30. The summed E-state index contributed by atoms with van der Waals surface area (Å²) in [6, 6.07) is 1.58. The van der Waals surface area contributed by atoms with Gasteiger partial charge in [0.2, 0.25) is 0 Å². The summed E-state index contributed by atoms with van der Waals surface area (Å²) in [5.74, 6) is -0.991. The Labute approximate surface area is 170 Å². The topological polar surface area (TPSA) is 67.3 Å². The van der Waals surface area contributed by atoms with E-state index in [1.54, 1.807) is 20.8 Å². The molecule has 2 heterocycles. The molecule has 1 aliphatic heterocycles. The van der Waals surface area contributed by atoms with Crippen LogP contribution in [0.1, 0.15) is 56.1 Å². The van der Waals surface area contributed by atoms with Crippen LogP contribution in [0.3, 0.4) is 0 Å². The van der Waals surface area contributed by atoms with Crippen LogP contribution in [-0.2, 0) is 23.9 Å². The summed E-state index contributed by atoms with van der Waals surface area (Å²) in [7, 11) is 0. The standard InChI is InChI=1S/C20H23F4N3O3/c1-11(13-6-5-12(21)9-15(13)20(22,23)24)27-16-7-8-26(10-14(16)17(28)25-27)18(29)30-19(2,3)4/h5-6,9,11H,7-8,10H2,1-4H3,(H,25,28). The summed E-state index contributed by atoms with van der Waals surface area (Å²) in [5, 5.41) is 2.58. The smallest absolute Gasteiger partial charge is 0.416 e. The van der Waals surface area contributed by atoms with Crippen LogP contribution in [0.5, 0.6) is 0 Å². The molecule has 1 aromatic heterocycles. The lowest BCUT2D eigenvalue weighted by molar-refractivity contribution is -0.138. The van der Waals surface area contributed by atoms with E-state index >= 15 is 0 Å². The Morgan fingerprint density at radius 1 is 1.23 bits per heavy atom. The first-order valence-electron chi connectivity index (χ1n) is 9.45. The van der Waals surface area contributed by atoms with Gasteiger partial charge >= 0.3 is 12.3 Å². The van der Waals surface area contributed by atoms with E-state index in [0.29, 0.717) is 17.3 Å². The zero-order valence-corrected chi connectivity index (χ0v) is 17.1. The van der Waals surface area contributed by atoms with Gasteiger partial charge in [-0.1, -0.05) is 6.07 Å². The van der Waals surface area contributed by atoms with Gasteiger partial charge in [0.05, 0.1) is 23.7 Å². The number of amides is 1. The van der Waals surface area contributed by atoms with Crippen molar-refractivity contribution in [3.8, 4) is 0 Å². The molecule has 10 heteroatoms. The predicted molar refractivity (Wildman–Crippen MR) is 101 cm³/mol. The molecular weight excluding hydrogens is 406 g/mol. The highest BCUT2D eigenvalue weighted by Crippen LogP contribution is 2.36. The van der Waals surface area contributed by atoms with Crippen molar-refractivity contribution in [1.82, 2.24) is 14.7 Å². The maximum Gasteiger partial charge on any atom is 0.416 e. The van der Waals surface area contributed by atoms with E-state index in [9.17, 15) is 27.2 Å². The molecule has 3 rings (SSSR count). The average molecular weight is 429 g/mol. The summed E-state index contributed by atoms with van der Waals surface area (Å²) >= 11 is 0. The lowest BCUT2D eigenvalue weighted by Crippen LogP contribution is -2.41. The molecule has 0 radical (unpaired) electrons. The number of fused-ring (bicyclic) bond motifs is 1. The normalized spacial score (nSPS) is 15.7. The number of ether oxygens (including phenoxy) is 1. The third kappa shape index (κ3) is 4.36. The first kappa shape index (κ1) is 21.9. The number of hydrogen-bond acceptors (Lipinski definition) is 3. The van der Waals surface area contributed by atoms with Gasteiger partial charge in [-0.3, -0.25) is 14.6 Å². The summed E-state index contributed by atoms with van der Waals surface area (Å²) in [5.41, 5.74) is -1.61. The van der Waals surface area contributed by atoms with Crippen molar-refractivity contribution in [2.45, 2.75) is 58.5 Å². The first-order valence-corrected chi connectivity index (χ1v) is 9.45. The van der Waals surface area contributed by atoms with Crippen molar-refractivity contribution in [2.24, 2.45) is 0 Å². The number of nitrogens with zero attached hydrogens (tertiary/aromatic N) is 2. The number of nitrogens with one attached hydrogen (secondary N) is 1. The molecule has 164 valence electrons.